The van der Waals surface area contributed by atoms with E-state index >= 15 is 0 Å². The summed E-state index contributed by atoms with van der Waals surface area (Å²) < 4.78 is 17.9. The lowest BCUT2D eigenvalue weighted by Gasteiger charge is -2.25. The molecule has 128 valence electrons. The Morgan fingerprint density at radius 3 is 2.00 bits per heavy atom. The first-order chi connectivity index (χ1) is 12.4. The number of hydrogen-bond acceptors (Lipinski definition) is 4. The van der Waals surface area contributed by atoms with E-state index in [0.717, 1.165) is 11.6 Å². The number of aromatic nitrogens is 3. The Kier molecular flexibility index (Phi) is 6.15. The maximum absolute atomic E-state index is 12.4. The second kappa shape index (κ2) is 8.75. The normalized spacial score (nSPS) is 11.4. The van der Waals surface area contributed by atoms with Crippen molar-refractivity contribution >= 4 is 23.3 Å². The maximum atomic E-state index is 12.4. The molecule has 1 heterocycles. The Morgan fingerprint density at radius 1 is 0.840 bits per heavy atom. The minimum Gasteiger partial charge on any atom is -0.375 e. The molecule has 0 bridgehead atoms. The molecule has 6 heteroatoms. The number of benzene rings is 2. The predicted octanol–water partition coefficient (Wildman–Crippen LogP) is 2.15. The van der Waals surface area contributed by atoms with Crippen LogP contribution >= 0.6 is 7.26 Å². The highest BCUT2D eigenvalue weighted by Gasteiger charge is 2.46. The summed E-state index contributed by atoms with van der Waals surface area (Å²) in [6, 6.07) is 22.5. The highest BCUT2D eigenvalue weighted by atomic mass is 31.2. The van der Waals surface area contributed by atoms with E-state index < -0.39 is 13.9 Å². The van der Waals surface area contributed by atoms with E-state index in [2.05, 4.69) is 39.7 Å². The van der Waals surface area contributed by atoms with Crippen LogP contribution in [-0.4, -0.2) is 41.5 Å². The lowest BCUT2D eigenvalue weighted by atomic mass is 10.4. The average molecular weight is 355 g/mol. The van der Waals surface area contributed by atoms with E-state index in [1.807, 2.05) is 42.5 Å². The molecule has 0 fully saturated rings. The van der Waals surface area contributed by atoms with Crippen LogP contribution in [0.5, 0.6) is 0 Å². The first-order valence-electron chi connectivity index (χ1n) is 8.16. The van der Waals surface area contributed by atoms with Crippen molar-refractivity contribution < 1.29 is 9.13 Å². The summed E-state index contributed by atoms with van der Waals surface area (Å²) in [7, 11) is -2.05. The third-order valence-corrected chi connectivity index (χ3v) is 8.30. The number of halogens is 1. The molecule has 0 aliphatic carbocycles. The van der Waals surface area contributed by atoms with Crippen LogP contribution in [0, 0.1) is 0 Å². The number of rotatable bonds is 8. The average Bonchev–Trinajstić information content (AvgIpc) is 2.70. The second-order valence-corrected chi connectivity index (χ2v) is 9.04. The molecule has 0 saturated heterocycles. The molecule has 25 heavy (non-hydrogen) atoms. The molecule has 2 aromatic carbocycles. The van der Waals surface area contributed by atoms with E-state index in [1.54, 1.807) is 6.20 Å². The Balaban J connectivity index is 2.13. The van der Waals surface area contributed by atoms with Gasteiger partial charge in [0, 0.05) is 6.07 Å². The standard InChI is InChI=1S/C19H20FN3OP/c20-12-14-24-15-16-25(17-7-3-1-4-8-17,18-9-5-2-6-10-18)19-11-13-21-23-22-19/h1-11,13H,12,14-16H2/q+1/i20-1. The fourth-order valence-electron chi connectivity index (χ4n) is 2.95. The molecule has 0 aliphatic rings. The lowest BCUT2D eigenvalue weighted by Crippen LogP contribution is -2.36. The van der Waals surface area contributed by atoms with Gasteiger partial charge in [0.25, 0.3) is 0 Å². The molecule has 0 aliphatic heterocycles. The summed E-state index contributed by atoms with van der Waals surface area (Å²) in [5.41, 5.74) is 0.906. The van der Waals surface area contributed by atoms with Gasteiger partial charge in [0.2, 0.25) is 5.44 Å². The molecule has 0 saturated carbocycles. The minimum absolute atomic E-state index is 0.117. The van der Waals surface area contributed by atoms with Gasteiger partial charge < -0.3 is 4.74 Å². The molecule has 0 N–H and O–H groups in total. The fraction of sp³-hybridized carbons (Fsp3) is 0.211. The van der Waals surface area contributed by atoms with E-state index in [4.69, 9.17) is 4.74 Å². The van der Waals surface area contributed by atoms with Crippen molar-refractivity contribution in [2.24, 2.45) is 0 Å². The summed E-state index contributed by atoms with van der Waals surface area (Å²) in [6.07, 6.45) is 2.41. The Hall–Kier alpha value is -2.23. The summed E-state index contributed by atoms with van der Waals surface area (Å²) in [4.78, 5) is 0. The molecule has 0 spiro atoms. The zero-order valence-electron chi connectivity index (χ0n) is 13.8. The summed E-state index contributed by atoms with van der Waals surface area (Å²) in [5.74, 6) is 0. The van der Waals surface area contributed by atoms with E-state index in [1.165, 1.54) is 10.6 Å². The van der Waals surface area contributed by atoms with Crippen LogP contribution in [0.4, 0.5) is 4.39 Å². The van der Waals surface area contributed by atoms with Crippen molar-refractivity contribution in [2.75, 3.05) is 26.1 Å². The Labute approximate surface area is 147 Å². The fourth-order valence-corrected chi connectivity index (χ4v) is 6.80. The van der Waals surface area contributed by atoms with Gasteiger partial charge in [0.15, 0.2) is 0 Å². The molecular weight excluding hydrogens is 335 g/mol. The highest BCUT2D eigenvalue weighted by molar-refractivity contribution is 7.95. The predicted molar refractivity (Wildman–Crippen MR) is 100 cm³/mol. The number of nitrogens with zero attached hydrogens (tertiary/aromatic N) is 3. The van der Waals surface area contributed by atoms with Crippen LogP contribution in [0.15, 0.2) is 72.9 Å². The molecule has 1 aromatic heterocycles. The van der Waals surface area contributed by atoms with Gasteiger partial charge in [-0.3, -0.25) is 0 Å². The summed E-state index contributed by atoms with van der Waals surface area (Å²) in [5, 5.41) is 14.5. The molecule has 3 rings (SSSR count). The van der Waals surface area contributed by atoms with Crippen LogP contribution in [0.1, 0.15) is 0 Å². The zero-order valence-corrected chi connectivity index (χ0v) is 14.7. The van der Waals surface area contributed by atoms with Crippen molar-refractivity contribution in [1.82, 2.24) is 15.4 Å². The first-order valence-corrected chi connectivity index (χ1v) is 10.1. The maximum Gasteiger partial charge on any atom is 0.216 e. The molecule has 4 nitrogen and oxygen atoms in total. The largest absolute Gasteiger partial charge is 0.375 e. The van der Waals surface area contributed by atoms with Gasteiger partial charge in [-0.2, -0.15) is 0 Å². The highest BCUT2D eigenvalue weighted by Crippen LogP contribution is 2.54. The van der Waals surface area contributed by atoms with Crippen LogP contribution < -0.4 is 16.0 Å². The first kappa shape index (κ1) is 17.6. The summed E-state index contributed by atoms with van der Waals surface area (Å²) in [6.45, 7) is 0.105. The second-order valence-electron chi connectivity index (χ2n) is 5.48. The van der Waals surface area contributed by atoms with Gasteiger partial charge in [-0.05, 0) is 29.5 Å². The van der Waals surface area contributed by atoms with Gasteiger partial charge in [-0.15, -0.1) is 5.10 Å². The van der Waals surface area contributed by atoms with Crippen LogP contribution in [0.3, 0.4) is 0 Å². The van der Waals surface area contributed by atoms with Crippen LogP contribution in [-0.2, 0) is 4.74 Å². The zero-order chi connectivity index (χ0) is 17.4. The Bertz CT molecular complexity index is 663. The van der Waals surface area contributed by atoms with E-state index in [0.29, 0.717) is 6.61 Å². The Morgan fingerprint density at radius 2 is 1.48 bits per heavy atom. The van der Waals surface area contributed by atoms with E-state index in [-0.39, 0.29) is 6.61 Å². The minimum atomic E-state index is -2.05. The topological polar surface area (TPSA) is 47.9 Å². The van der Waals surface area contributed by atoms with Crippen LogP contribution in [0.2, 0.25) is 0 Å². The molecule has 3 aromatic rings. The van der Waals surface area contributed by atoms with Gasteiger partial charge in [-0.1, -0.05) is 41.5 Å². The lowest BCUT2D eigenvalue weighted by molar-refractivity contribution is 0.132. The molecule has 0 atom stereocenters. The number of alkyl halides is 1. The van der Waals surface area contributed by atoms with Crippen molar-refractivity contribution in [3.8, 4) is 0 Å². The number of ether oxygens (including phenoxy) is 1. The van der Waals surface area contributed by atoms with Crippen molar-refractivity contribution in [3.63, 3.8) is 0 Å². The molecule has 0 unspecified atom stereocenters. The van der Waals surface area contributed by atoms with Gasteiger partial charge in [0.05, 0.1) is 25.6 Å². The third kappa shape index (κ3) is 3.89. The third-order valence-electron chi connectivity index (χ3n) is 4.07. The quantitative estimate of drug-likeness (QED) is 0.459. The van der Waals surface area contributed by atoms with E-state index in [9.17, 15) is 4.39 Å². The monoisotopic (exact) mass is 355 g/mol. The molecular formula is C19H20FN3OP+. The smallest absolute Gasteiger partial charge is 0.216 e. The van der Waals surface area contributed by atoms with Gasteiger partial charge in [0.1, 0.15) is 24.5 Å². The van der Waals surface area contributed by atoms with Crippen molar-refractivity contribution in [2.45, 2.75) is 0 Å². The van der Waals surface area contributed by atoms with Crippen LogP contribution in [0.25, 0.3) is 0 Å². The SMILES string of the molecule is [18F]CCOCC[P+](c1ccccc1)(c1ccccc1)c1ccnnn1. The van der Waals surface area contributed by atoms with Gasteiger partial charge >= 0.3 is 0 Å². The molecule has 0 radical (unpaired) electrons. The number of hydrogen-bond donors (Lipinski definition) is 0. The molecule has 0 amide bonds. The summed E-state index contributed by atoms with van der Waals surface area (Å²) >= 11 is 0. The van der Waals surface area contributed by atoms with Crippen molar-refractivity contribution in [1.29, 1.82) is 0 Å². The van der Waals surface area contributed by atoms with Crippen molar-refractivity contribution in [3.05, 3.63) is 72.9 Å². The van der Waals surface area contributed by atoms with Gasteiger partial charge in [-0.25, -0.2) is 4.39 Å².